The second-order valence-electron chi connectivity index (χ2n) is 5.51. The Hall–Kier alpha value is -3.12. The zero-order valence-corrected chi connectivity index (χ0v) is 13.8. The molecule has 2 rings (SSSR count). The van der Waals surface area contributed by atoms with Crippen molar-refractivity contribution in [1.29, 1.82) is 5.26 Å². The smallest absolute Gasteiger partial charge is 0.247 e. The summed E-state index contributed by atoms with van der Waals surface area (Å²) < 4.78 is 0. The highest BCUT2D eigenvalue weighted by molar-refractivity contribution is 5.94. The lowest BCUT2D eigenvalue weighted by Gasteiger charge is -2.20. The standard InChI is InChI=1S/C21H20N2O/c1-3-13-23(16-19-11-9-18(15-22)10-12-19)21(24)14-17(2)20-7-5-4-6-8-20/h3-12,14H,1,13,16H2,2H3/b17-14-. The molecule has 0 aliphatic carbocycles. The largest absolute Gasteiger partial charge is 0.331 e. The van der Waals surface area contributed by atoms with Crippen molar-refractivity contribution in [3.05, 3.63) is 90.0 Å². The first kappa shape index (κ1) is 17.2. The zero-order valence-electron chi connectivity index (χ0n) is 13.8. The van der Waals surface area contributed by atoms with Crippen LogP contribution >= 0.6 is 0 Å². The van der Waals surface area contributed by atoms with E-state index in [2.05, 4.69) is 12.6 Å². The van der Waals surface area contributed by atoms with Crippen LogP contribution < -0.4 is 0 Å². The predicted molar refractivity (Wildman–Crippen MR) is 96.9 cm³/mol. The molecule has 0 heterocycles. The van der Waals surface area contributed by atoms with Gasteiger partial charge in [0.05, 0.1) is 11.6 Å². The van der Waals surface area contributed by atoms with E-state index in [0.717, 1.165) is 16.7 Å². The van der Waals surface area contributed by atoms with Crippen molar-refractivity contribution in [2.24, 2.45) is 0 Å². The third-order valence-electron chi connectivity index (χ3n) is 3.69. The number of allylic oxidation sites excluding steroid dienone is 1. The number of amides is 1. The molecule has 0 atom stereocenters. The predicted octanol–water partition coefficient (Wildman–Crippen LogP) is 4.18. The molecule has 2 aromatic carbocycles. The summed E-state index contributed by atoms with van der Waals surface area (Å²) in [4.78, 5) is 14.3. The van der Waals surface area contributed by atoms with E-state index in [1.165, 1.54) is 0 Å². The molecule has 0 saturated carbocycles. The highest BCUT2D eigenvalue weighted by Crippen LogP contribution is 2.14. The molecule has 0 spiro atoms. The molecular formula is C21H20N2O. The van der Waals surface area contributed by atoms with Crippen molar-refractivity contribution in [3.8, 4) is 6.07 Å². The van der Waals surface area contributed by atoms with Gasteiger partial charge in [-0.3, -0.25) is 4.79 Å². The van der Waals surface area contributed by atoms with Gasteiger partial charge in [0.25, 0.3) is 0 Å². The minimum atomic E-state index is -0.0550. The minimum absolute atomic E-state index is 0.0550. The van der Waals surface area contributed by atoms with Crippen LogP contribution in [0.3, 0.4) is 0 Å². The maximum Gasteiger partial charge on any atom is 0.247 e. The third kappa shape index (κ3) is 4.69. The second kappa shape index (κ2) is 8.50. The van der Waals surface area contributed by atoms with Gasteiger partial charge in [-0.15, -0.1) is 6.58 Å². The lowest BCUT2D eigenvalue weighted by atomic mass is 10.1. The summed E-state index contributed by atoms with van der Waals surface area (Å²) in [6, 6.07) is 19.2. The zero-order chi connectivity index (χ0) is 17.4. The van der Waals surface area contributed by atoms with Crippen molar-refractivity contribution in [1.82, 2.24) is 4.90 Å². The van der Waals surface area contributed by atoms with Crippen molar-refractivity contribution in [3.63, 3.8) is 0 Å². The third-order valence-corrected chi connectivity index (χ3v) is 3.69. The normalized spacial score (nSPS) is 10.8. The summed E-state index contributed by atoms with van der Waals surface area (Å²) >= 11 is 0. The maximum absolute atomic E-state index is 12.6. The summed E-state index contributed by atoms with van der Waals surface area (Å²) in [5, 5.41) is 8.85. The van der Waals surface area contributed by atoms with E-state index in [4.69, 9.17) is 5.26 Å². The average Bonchev–Trinajstić information content (AvgIpc) is 2.62. The average molecular weight is 316 g/mol. The van der Waals surface area contributed by atoms with Crippen molar-refractivity contribution in [2.75, 3.05) is 6.54 Å². The molecule has 3 nitrogen and oxygen atoms in total. The Kier molecular flexibility index (Phi) is 6.10. The molecule has 2 aromatic rings. The summed E-state index contributed by atoms with van der Waals surface area (Å²) in [6.07, 6.45) is 3.37. The first-order chi connectivity index (χ1) is 11.6. The Balaban J connectivity index is 2.15. The molecule has 120 valence electrons. The summed E-state index contributed by atoms with van der Waals surface area (Å²) in [6.45, 7) is 6.61. The van der Waals surface area contributed by atoms with Crippen molar-refractivity contribution in [2.45, 2.75) is 13.5 Å². The van der Waals surface area contributed by atoms with E-state index in [-0.39, 0.29) is 5.91 Å². The Bertz CT molecular complexity index is 768. The molecule has 0 aliphatic heterocycles. The Labute approximate surface area is 143 Å². The molecule has 0 saturated heterocycles. The van der Waals surface area contributed by atoms with Gasteiger partial charge in [0.1, 0.15) is 0 Å². The van der Waals surface area contributed by atoms with Crippen molar-refractivity contribution >= 4 is 11.5 Å². The minimum Gasteiger partial charge on any atom is -0.331 e. The van der Waals surface area contributed by atoms with Crippen LogP contribution in [0.5, 0.6) is 0 Å². The second-order valence-corrected chi connectivity index (χ2v) is 5.51. The van der Waals surface area contributed by atoms with Crippen LogP contribution in [0, 0.1) is 11.3 Å². The van der Waals surface area contributed by atoms with Gasteiger partial charge in [-0.1, -0.05) is 48.5 Å². The van der Waals surface area contributed by atoms with Gasteiger partial charge in [-0.05, 0) is 35.8 Å². The molecule has 1 amide bonds. The molecule has 24 heavy (non-hydrogen) atoms. The van der Waals surface area contributed by atoms with E-state index < -0.39 is 0 Å². The first-order valence-corrected chi connectivity index (χ1v) is 7.76. The van der Waals surface area contributed by atoms with Crippen LogP contribution in [-0.4, -0.2) is 17.4 Å². The molecule has 0 unspecified atom stereocenters. The first-order valence-electron chi connectivity index (χ1n) is 7.76. The van der Waals surface area contributed by atoms with Crippen molar-refractivity contribution < 1.29 is 4.79 Å². The van der Waals surface area contributed by atoms with E-state index in [1.54, 1.807) is 29.2 Å². The molecule has 0 radical (unpaired) electrons. The van der Waals surface area contributed by atoms with Crippen LogP contribution in [-0.2, 0) is 11.3 Å². The molecule has 3 heteroatoms. The van der Waals surface area contributed by atoms with Gasteiger partial charge < -0.3 is 4.90 Å². The maximum atomic E-state index is 12.6. The Morgan fingerprint density at radius 3 is 2.42 bits per heavy atom. The number of nitriles is 1. The van der Waals surface area contributed by atoms with E-state index >= 15 is 0 Å². The van der Waals surface area contributed by atoms with Crippen LogP contribution in [0.1, 0.15) is 23.6 Å². The Morgan fingerprint density at radius 2 is 1.83 bits per heavy atom. The van der Waals surface area contributed by atoms with Gasteiger partial charge in [0, 0.05) is 19.2 Å². The number of hydrogen-bond donors (Lipinski definition) is 0. The van der Waals surface area contributed by atoms with Crippen LogP contribution in [0.15, 0.2) is 73.3 Å². The van der Waals surface area contributed by atoms with Crippen LogP contribution in [0.2, 0.25) is 0 Å². The van der Waals surface area contributed by atoms with Gasteiger partial charge in [0.15, 0.2) is 0 Å². The molecule has 0 bridgehead atoms. The lowest BCUT2D eigenvalue weighted by molar-refractivity contribution is -0.126. The fourth-order valence-electron chi connectivity index (χ4n) is 2.35. The van der Waals surface area contributed by atoms with Crippen LogP contribution in [0.4, 0.5) is 0 Å². The number of hydrogen-bond acceptors (Lipinski definition) is 2. The lowest BCUT2D eigenvalue weighted by Crippen LogP contribution is -2.29. The summed E-state index contributed by atoms with van der Waals surface area (Å²) in [5.41, 5.74) is 3.55. The molecular weight excluding hydrogens is 296 g/mol. The van der Waals surface area contributed by atoms with Gasteiger partial charge in [-0.25, -0.2) is 0 Å². The van der Waals surface area contributed by atoms with E-state index in [9.17, 15) is 4.79 Å². The highest BCUT2D eigenvalue weighted by Gasteiger charge is 2.11. The summed E-state index contributed by atoms with van der Waals surface area (Å²) in [7, 11) is 0. The van der Waals surface area contributed by atoms with Crippen LogP contribution in [0.25, 0.3) is 5.57 Å². The SMILES string of the molecule is C=CCN(Cc1ccc(C#N)cc1)C(=O)/C=C(/C)c1ccccc1. The fraction of sp³-hybridized carbons (Fsp3) is 0.143. The highest BCUT2D eigenvalue weighted by atomic mass is 16.2. The van der Waals surface area contributed by atoms with Gasteiger partial charge >= 0.3 is 0 Å². The molecule has 0 fully saturated rings. The molecule has 0 aliphatic rings. The monoisotopic (exact) mass is 316 g/mol. The van der Waals surface area contributed by atoms with E-state index in [1.807, 2.05) is 49.4 Å². The topological polar surface area (TPSA) is 44.1 Å². The Morgan fingerprint density at radius 1 is 1.17 bits per heavy atom. The molecule has 0 aromatic heterocycles. The summed E-state index contributed by atoms with van der Waals surface area (Å²) in [5.74, 6) is -0.0550. The van der Waals surface area contributed by atoms with E-state index in [0.29, 0.717) is 18.7 Å². The number of benzene rings is 2. The molecule has 0 N–H and O–H groups in total. The number of carbonyl (C=O) groups is 1. The quantitative estimate of drug-likeness (QED) is 0.593. The van der Waals surface area contributed by atoms with Gasteiger partial charge in [0.2, 0.25) is 5.91 Å². The fourth-order valence-corrected chi connectivity index (χ4v) is 2.35. The number of carbonyl (C=O) groups excluding carboxylic acids is 1. The number of nitrogens with zero attached hydrogens (tertiary/aromatic N) is 2. The number of rotatable bonds is 6. The van der Waals surface area contributed by atoms with Gasteiger partial charge in [-0.2, -0.15) is 5.26 Å².